The predicted molar refractivity (Wildman–Crippen MR) is 129 cm³/mol. The fraction of sp³-hybridized carbons (Fsp3) is 0.400. The fourth-order valence-electron chi connectivity index (χ4n) is 4.85. The quantitative estimate of drug-likeness (QED) is 0.504. The number of nitrogens with zero attached hydrogens (tertiary/aromatic N) is 2. The number of aromatic nitrogens is 1. The molecule has 0 bridgehead atoms. The van der Waals surface area contributed by atoms with Gasteiger partial charge >= 0.3 is 0 Å². The lowest BCUT2D eigenvalue weighted by molar-refractivity contribution is 0.0694. The number of hydrogen-bond acceptors (Lipinski definition) is 7. The number of hydrogen-bond donors (Lipinski definition) is 2. The van der Waals surface area contributed by atoms with Crippen molar-refractivity contribution < 1.29 is 14.6 Å². The predicted octanol–water partition coefficient (Wildman–Crippen LogP) is 5.17. The highest BCUT2D eigenvalue weighted by molar-refractivity contribution is 7.15. The molecule has 3 aliphatic rings. The van der Waals surface area contributed by atoms with E-state index in [1.165, 1.54) is 5.56 Å². The summed E-state index contributed by atoms with van der Waals surface area (Å²) in [6, 6.07) is 14.3. The summed E-state index contributed by atoms with van der Waals surface area (Å²) >= 11 is 8.32. The molecule has 1 saturated heterocycles. The molecule has 3 aromatic rings. The fourth-order valence-corrected chi connectivity index (χ4v) is 6.16. The topological polar surface area (TPSA) is 66.9 Å². The van der Waals surface area contributed by atoms with Crippen molar-refractivity contribution >= 4 is 28.1 Å². The summed E-state index contributed by atoms with van der Waals surface area (Å²) in [4.78, 5) is 8.33. The number of aliphatic hydroxyl groups is 1. The highest BCUT2D eigenvalue weighted by Crippen LogP contribution is 2.51. The number of likely N-dealkylation sites (tertiary alicyclic amines) is 1. The Labute approximate surface area is 202 Å². The van der Waals surface area contributed by atoms with E-state index in [0.717, 1.165) is 70.9 Å². The lowest BCUT2D eigenvalue weighted by atomic mass is 9.99. The summed E-state index contributed by atoms with van der Waals surface area (Å²) in [5.41, 5.74) is 2.18. The van der Waals surface area contributed by atoms with Crippen LogP contribution in [0.2, 0.25) is 5.02 Å². The van der Waals surface area contributed by atoms with Gasteiger partial charge in [0.05, 0.1) is 17.7 Å². The van der Waals surface area contributed by atoms with Crippen molar-refractivity contribution in [2.45, 2.75) is 43.4 Å². The summed E-state index contributed by atoms with van der Waals surface area (Å²) in [5, 5.41) is 15.4. The smallest absolute Gasteiger partial charge is 0.231 e. The molecule has 0 amide bonds. The van der Waals surface area contributed by atoms with Crippen LogP contribution >= 0.6 is 22.9 Å². The summed E-state index contributed by atoms with van der Waals surface area (Å²) in [7, 11) is 0. The molecule has 6 nitrogen and oxygen atoms in total. The van der Waals surface area contributed by atoms with Gasteiger partial charge in [0.15, 0.2) is 16.6 Å². The lowest BCUT2D eigenvalue weighted by Crippen LogP contribution is -2.38. The van der Waals surface area contributed by atoms with Crippen LogP contribution in [0.1, 0.15) is 47.7 Å². The second-order valence-corrected chi connectivity index (χ2v) is 10.5. The number of ether oxygens (including phenoxy) is 2. The zero-order chi connectivity index (χ0) is 22.4. The van der Waals surface area contributed by atoms with Gasteiger partial charge in [-0.1, -0.05) is 35.9 Å². The number of nitrogens with one attached hydrogen (secondary N) is 1. The maximum absolute atomic E-state index is 10.0. The molecule has 1 atom stereocenters. The summed E-state index contributed by atoms with van der Waals surface area (Å²) in [5.74, 6) is 1.62. The Hall–Kier alpha value is -2.32. The van der Waals surface area contributed by atoms with Gasteiger partial charge in [-0.3, -0.25) is 4.90 Å². The van der Waals surface area contributed by atoms with Gasteiger partial charge in [-0.15, -0.1) is 11.3 Å². The SMILES string of the molecule is OC1CCN(C(c2cnc(NC3(c4ccc5c(c4)OCO5)CC3)s2)c2ccccc2Cl)CC1. The molecule has 2 aliphatic heterocycles. The Morgan fingerprint density at radius 3 is 2.70 bits per heavy atom. The first-order valence-electron chi connectivity index (χ1n) is 11.4. The van der Waals surface area contributed by atoms with Crippen LogP contribution in [0.5, 0.6) is 11.5 Å². The Morgan fingerprint density at radius 2 is 1.91 bits per heavy atom. The number of thiazole rings is 1. The molecule has 2 N–H and O–H groups in total. The Balaban J connectivity index is 1.28. The number of halogens is 1. The molecule has 0 spiro atoms. The van der Waals surface area contributed by atoms with Crippen molar-refractivity contribution in [3.63, 3.8) is 0 Å². The number of fused-ring (bicyclic) bond motifs is 1. The zero-order valence-electron chi connectivity index (χ0n) is 18.2. The normalized spacial score (nSPS) is 20.5. The third kappa shape index (κ3) is 4.08. The van der Waals surface area contributed by atoms with Crippen LogP contribution in [0.4, 0.5) is 5.13 Å². The average molecular weight is 484 g/mol. The van der Waals surface area contributed by atoms with E-state index >= 15 is 0 Å². The van der Waals surface area contributed by atoms with E-state index in [9.17, 15) is 5.11 Å². The Kier molecular flexibility index (Phi) is 5.45. The van der Waals surface area contributed by atoms with Gasteiger partial charge < -0.3 is 19.9 Å². The standard InChI is InChI=1S/C25H26ClN3O3S/c26-19-4-2-1-3-18(19)23(29-11-7-17(30)8-12-29)22-14-27-24(33-22)28-25(9-10-25)16-5-6-20-21(13-16)32-15-31-20/h1-6,13-14,17,23,30H,7-12,15H2,(H,27,28). The minimum Gasteiger partial charge on any atom is -0.454 e. The minimum atomic E-state index is -0.219. The molecule has 1 aliphatic carbocycles. The van der Waals surface area contributed by atoms with Crippen LogP contribution in [-0.4, -0.2) is 41.0 Å². The molecule has 8 heteroatoms. The van der Waals surface area contributed by atoms with Gasteiger partial charge in [0.25, 0.3) is 0 Å². The Morgan fingerprint density at radius 1 is 1.12 bits per heavy atom. The van der Waals surface area contributed by atoms with E-state index < -0.39 is 0 Å². The molecule has 1 unspecified atom stereocenters. The van der Waals surface area contributed by atoms with E-state index in [-0.39, 0.29) is 24.5 Å². The molecule has 1 saturated carbocycles. The van der Waals surface area contributed by atoms with Gasteiger partial charge in [-0.25, -0.2) is 4.98 Å². The van der Waals surface area contributed by atoms with Crippen molar-refractivity contribution in [2.75, 3.05) is 25.2 Å². The van der Waals surface area contributed by atoms with Crippen molar-refractivity contribution in [1.29, 1.82) is 0 Å². The first-order chi connectivity index (χ1) is 16.1. The lowest BCUT2D eigenvalue weighted by Gasteiger charge is -2.36. The molecule has 1 aromatic heterocycles. The van der Waals surface area contributed by atoms with Crippen LogP contribution in [-0.2, 0) is 5.54 Å². The molecule has 2 aromatic carbocycles. The maximum Gasteiger partial charge on any atom is 0.231 e. The van der Waals surface area contributed by atoms with Crippen LogP contribution < -0.4 is 14.8 Å². The van der Waals surface area contributed by atoms with Crippen LogP contribution in [0.25, 0.3) is 0 Å². The maximum atomic E-state index is 10.0. The van der Waals surface area contributed by atoms with Gasteiger partial charge in [0, 0.05) is 29.2 Å². The van der Waals surface area contributed by atoms with Crippen molar-refractivity contribution in [3.8, 4) is 11.5 Å². The second kappa shape index (κ2) is 8.47. The van der Waals surface area contributed by atoms with E-state index in [0.29, 0.717) is 0 Å². The molecule has 6 rings (SSSR count). The average Bonchev–Trinajstić information content (AvgIpc) is 3.23. The molecule has 2 fully saturated rings. The molecule has 0 radical (unpaired) electrons. The van der Waals surface area contributed by atoms with Crippen molar-refractivity contribution in [1.82, 2.24) is 9.88 Å². The van der Waals surface area contributed by atoms with Gasteiger partial charge in [-0.2, -0.15) is 0 Å². The first kappa shape index (κ1) is 21.2. The monoisotopic (exact) mass is 483 g/mol. The third-order valence-electron chi connectivity index (χ3n) is 6.88. The van der Waals surface area contributed by atoms with Crippen LogP contribution in [0, 0.1) is 0 Å². The van der Waals surface area contributed by atoms with E-state index in [1.807, 2.05) is 30.5 Å². The van der Waals surface area contributed by atoms with Gasteiger partial charge in [0.1, 0.15) is 0 Å². The zero-order valence-corrected chi connectivity index (χ0v) is 19.7. The van der Waals surface area contributed by atoms with E-state index in [1.54, 1.807) is 11.3 Å². The van der Waals surface area contributed by atoms with Crippen molar-refractivity contribution in [3.05, 3.63) is 69.7 Å². The minimum absolute atomic E-state index is 0.0277. The summed E-state index contributed by atoms with van der Waals surface area (Å²) in [6.07, 6.45) is 5.42. The number of piperidine rings is 1. The number of rotatable bonds is 6. The summed E-state index contributed by atoms with van der Waals surface area (Å²) in [6.45, 7) is 1.95. The van der Waals surface area contributed by atoms with Gasteiger partial charge in [0.2, 0.25) is 6.79 Å². The highest BCUT2D eigenvalue weighted by atomic mass is 35.5. The molecule has 3 heterocycles. The van der Waals surface area contributed by atoms with Gasteiger partial charge in [-0.05, 0) is 55.0 Å². The first-order valence-corrected chi connectivity index (χ1v) is 12.6. The van der Waals surface area contributed by atoms with Crippen LogP contribution in [0.3, 0.4) is 0 Å². The largest absolute Gasteiger partial charge is 0.454 e. The second-order valence-electron chi connectivity index (χ2n) is 9.03. The number of benzene rings is 2. The van der Waals surface area contributed by atoms with Crippen molar-refractivity contribution in [2.24, 2.45) is 0 Å². The molecule has 33 heavy (non-hydrogen) atoms. The Bertz CT molecular complexity index is 1160. The number of aliphatic hydroxyl groups excluding tert-OH is 1. The molecular formula is C25H26ClN3O3S. The highest BCUT2D eigenvalue weighted by Gasteiger charge is 2.46. The molecule has 172 valence electrons. The van der Waals surface area contributed by atoms with Crippen LogP contribution in [0.15, 0.2) is 48.7 Å². The van der Waals surface area contributed by atoms with E-state index in [4.69, 9.17) is 26.1 Å². The number of anilines is 1. The van der Waals surface area contributed by atoms with E-state index in [2.05, 4.69) is 28.4 Å². The summed E-state index contributed by atoms with van der Waals surface area (Å²) < 4.78 is 11.1. The molecular weight excluding hydrogens is 458 g/mol. The third-order valence-corrected chi connectivity index (χ3v) is 8.19.